The molecule has 3 N–H and O–H groups in total. The van der Waals surface area contributed by atoms with E-state index in [1.165, 1.54) is 49.9 Å². The van der Waals surface area contributed by atoms with Crippen molar-refractivity contribution in [3.63, 3.8) is 0 Å². The zero-order valence-corrected chi connectivity index (χ0v) is 17.1. The maximum absolute atomic E-state index is 3.84. The normalized spacial score (nSPS) is 20.3. The Hall–Kier alpha value is -3.46. The maximum Gasteiger partial charge on any atom is 0.0545 e. The topological polar surface area (TPSA) is 43.6 Å². The Bertz CT molecular complexity index is 1340. The quantitative estimate of drug-likeness (QED) is 0.410. The van der Waals surface area contributed by atoms with Gasteiger partial charge in [-0.05, 0) is 42.2 Å². The fourth-order valence-electron chi connectivity index (χ4n) is 5.18. The summed E-state index contributed by atoms with van der Waals surface area (Å²) in [6, 6.07) is 17.6. The molecule has 0 radical (unpaired) electrons. The number of fused-ring (bicyclic) bond motifs is 3. The van der Waals surface area contributed by atoms with Gasteiger partial charge in [-0.2, -0.15) is 0 Å². The van der Waals surface area contributed by atoms with Crippen molar-refractivity contribution in [1.29, 1.82) is 0 Å². The number of nitrogens with one attached hydrogen (secondary N) is 3. The number of rotatable bonds is 4. The molecule has 1 aliphatic heterocycles. The second-order valence-corrected chi connectivity index (χ2v) is 8.46. The smallest absolute Gasteiger partial charge is 0.0545 e. The summed E-state index contributed by atoms with van der Waals surface area (Å²) in [6.07, 6.45) is 13.1. The van der Waals surface area contributed by atoms with Crippen LogP contribution in [0.1, 0.15) is 16.8 Å². The molecule has 2 unspecified atom stereocenters. The zero-order valence-electron chi connectivity index (χ0n) is 17.1. The van der Waals surface area contributed by atoms with Gasteiger partial charge in [0.25, 0.3) is 0 Å². The molecule has 4 aromatic rings. The Balaban J connectivity index is 1.44. The molecule has 3 nitrogen and oxygen atoms in total. The van der Waals surface area contributed by atoms with Crippen LogP contribution in [0.3, 0.4) is 0 Å². The summed E-state index contributed by atoms with van der Waals surface area (Å²) in [7, 11) is 0. The molecular formula is C27H25N3. The summed E-state index contributed by atoms with van der Waals surface area (Å²) >= 11 is 0. The van der Waals surface area contributed by atoms with E-state index in [2.05, 4.69) is 101 Å². The Morgan fingerprint density at radius 1 is 0.833 bits per heavy atom. The molecule has 2 atom stereocenters. The summed E-state index contributed by atoms with van der Waals surface area (Å²) in [5.74, 6) is 0.420. The fraction of sp³-hybridized carbons (Fsp3) is 0.185. The van der Waals surface area contributed by atoms with Crippen LogP contribution in [0.15, 0.2) is 90.3 Å². The van der Waals surface area contributed by atoms with Crippen LogP contribution in [-0.2, 0) is 12.8 Å². The Morgan fingerprint density at radius 2 is 1.60 bits per heavy atom. The predicted octanol–water partition coefficient (Wildman–Crippen LogP) is 5.71. The molecule has 30 heavy (non-hydrogen) atoms. The van der Waals surface area contributed by atoms with Crippen molar-refractivity contribution in [2.75, 3.05) is 0 Å². The van der Waals surface area contributed by atoms with E-state index in [9.17, 15) is 0 Å². The van der Waals surface area contributed by atoms with E-state index in [1.807, 2.05) is 0 Å². The van der Waals surface area contributed by atoms with Gasteiger partial charge in [-0.1, -0.05) is 60.7 Å². The lowest BCUT2D eigenvalue weighted by Crippen LogP contribution is -2.27. The second kappa shape index (κ2) is 6.81. The van der Waals surface area contributed by atoms with Crippen LogP contribution in [0.2, 0.25) is 0 Å². The van der Waals surface area contributed by atoms with Gasteiger partial charge in [0.1, 0.15) is 0 Å². The van der Waals surface area contributed by atoms with Gasteiger partial charge in [0.15, 0.2) is 0 Å². The molecule has 0 bridgehead atoms. The van der Waals surface area contributed by atoms with Gasteiger partial charge in [0.05, 0.1) is 6.04 Å². The number of allylic oxidation sites excluding steroid dienone is 3. The first-order valence-corrected chi connectivity index (χ1v) is 10.7. The van der Waals surface area contributed by atoms with E-state index in [4.69, 9.17) is 0 Å². The standard InChI is InChI=1S/C27H25N3/c1-17-22(20-9-3-6-12-25(20)29-17)15-23-21-10-4-7-13-26(21)30-27(23)14-18-16-28-24-11-5-2-8-19(18)24/h2-13,16,21,26,28-30H,14-15H2,1H3. The summed E-state index contributed by atoms with van der Waals surface area (Å²) in [6.45, 7) is 2.20. The monoisotopic (exact) mass is 391 g/mol. The highest BCUT2D eigenvalue weighted by atomic mass is 15.0. The lowest BCUT2D eigenvalue weighted by molar-refractivity contribution is 0.616. The third kappa shape index (κ3) is 2.73. The minimum atomic E-state index is 0.357. The van der Waals surface area contributed by atoms with Gasteiger partial charge < -0.3 is 15.3 Å². The first-order chi connectivity index (χ1) is 14.8. The Labute approximate surface area is 176 Å². The van der Waals surface area contributed by atoms with Gasteiger partial charge in [0.2, 0.25) is 0 Å². The molecule has 2 aromatic carbocycles. The van der Waals surface area contributed by atoms with Gasteiger partial charge >= 0.3 is 0 Å². The molecule has 3 heteroatoms. The molecule has 1 aliphatic carbocycles. The van der Waals surface area contributed by atoms with Crippen LogP contribution in [0.25, 0.3) is 21.8 Å². The van der Waals surface area contributed by atoms with E-state index >= 15 is 0 Å². The van der Waals surface area contributed by atoms with Crippen LogP contribution < -0.4 is 5.32 Å². The van der Waals surface area contributed by atoms with E-state index in [0.717, 1.165) is 12.8 Å². The molecule has 2 aromatic heterocycles. The van der Waals surface area contributed by atoms with Crippen molar-refractivity contribution < 1.29 is 0 Å². The minimum absolute atomic E-state index is 0.357. The summed E-state index contributed by atoms with van der Waals surface area (Å²) in [4.78, 5) is 7.01. The van der Waals surface area contributed by atoms with Crippen LogP contribution in [0.5, 0.6) is 0 Å². The fourth-order valence-corrected chi connectivity index (χ4v) is 5.18. The number of benzene rings is 2. The van der Waals surface area contributed by atoms with Gasteiger partial charge in [-0.25, -0.2) is 0 Å². The van der Waals surface area contributed by atoms with E-state index < -0.39 is 0 Å². The van der Waals surface area contributed by atoms with Crippen LogP contribution in [0.4, 0.5) is 0 Å². The van der Waals surface area contributed by atoms with Crippen LogP contribution >= 0.6 is 0 Å². The third-order valence-electron chi connectivity index (χ3n) is 6.70. The number of aromatic nitrogens is 2. The molecule has 3 heterocycles. The van der Waals surface area contributed by atoms with Crippen LogP contribution in [-0.4, -0.2) is 16.0 Å². The molecule has 0 saturated carbocycles. The number of hydrogen-bond donors (Lipinski definition) is 3. The first kappa shape index (κ1) is 17.4. The SMILES string of the molecule is Cc1[nH]c2ccccc2c1CC1=C(Cc2c[nH]c3ccccc23)NC2C=CC=CC12. The highest BCUT2D eigenvalue weighted by molar-refractivity contribution is 5.85. The van der Waals surface area contributed by atoms with Crippen molar-refractivity contribution in [3.05, 3.63) is 107 Å². The highest BCUT2D eigenvalue weighted by Crippen LogP contribution is 2.37. The Kier molecular flexibility index (Phi) is 3.95. The summed E-state index contributed by atoms with van der Waals surface area (Å²) in [5.41, 5.74) is 9.36. The molecule has 6 rings (SSSR count). The molecule has 0 fully saturated rings. The van der Waals surface area contributed by atoms with Crippen molar-refractivity contribution >= 4 is 21.8 Å². The third-order valence-corrected chi connectivity index (χ3v) is 6.70. The number of H-pyrrole nitrogens is 2. The zero-order chi connectivity index (χ0) is 20.1. The van der Waals surface area contributed by atoms with Gasteiger partial charge in [-0.3, -0.25) is 0 Å². The number of aromatic amines is 2. The van der Waals surface area contributed by atoms with E-state index in [-0.39, 0.29) is 0 Å². The molecule has 0 amide bonds. The van der Waals surface area contributed by atoms with Crippen molar-refractivity contribution in [2.45, 2.75) is 25.8 Å². The van der Waals surface area contributed by atoms with Crippen molar-refractivity contribution in [2.24, 2.45) is 5.92 Å². The molecule has 0 spiro atoms. The minimum Gasteiger partial charge on any atom is -0.381 e. The van der Waals surface area contributed by atoms with Crippen molar-refractivity contribution in [1.82, 2.24) is 15.3 Å². The highest BCUT2D eigenvalue weighted by Gasteiger charge is 2.32. The number of para-hydroxylation sites is 2. The summed E-state index contributed by atoms with van der Waals surface area (Å²) in [5, 5.41) is 6.50. The van der Waals surface area contributed by atoms with E-state index in [1.54, 1.807) is 0 Å². The first-order valence-electron chi connectivity index (χ1n) is 10.7. The average Bonchev–Trinajstić information content (AvgIpc) is 3.43. The van der Waals surface area contributed by atoms with Crippen LogP contribution in [0, 0.1) is 12.8 Å². The average molecular weight is 392 g/mol. The maximum atomic E-state index is 3.84. The van der Waals surface area contributed by atoms with E-state index in [0.29, 0.717) is 12.0 Å². The molecule has 148 valence electrons. The summed E-state index contributed by atoms with van der Waals surface area (Å²) < 4.78 is 0. The predicted molar refractivity (Wildman–Crippen MR) is 124 cm³/mol. The lowest BCUT2D eigenvalue weighted by Gasteiger charge is -2.19. The van der Waals surface area contributed by atoms with Gasteiger partial charge in [0, 0.05) is 51.7 Å². The molecular weight excluding hydrogens is 366 g/mol. The van der Waals surface area contributed by atoms with Gasteiger partial charge in [-0.15, -0.1) is 0 Å². The lowest BCUT2D eigenvalue weighted by atomic mass is 9.86. The second-order valence-electron chi connectivity index (χ2n) is 8.46. The number of hydrogen-bond acceptors (Lipinski definition) is 1. The van der Waals surface area contributed by atoms with Crippen molar-refractivity contribution in [3.8, 4) is 0 Å². The largest absolute Gasteiger partial charge is 0.381 e. The molecule has 0 saturated heterocycles. The number of aryl methyl sites for hydroxylation is 1. The molecule has 2 aliphatic rings. The Morgan fingerprint density at radius 3 is 2.50 bits per heavy atom.